The summed E-state index contributed by atoms with van der Waals surface area (Å²) in [7, 11) is 1.60. The highest BCUT2D eigenvalue weighted by atomic mass is 19.3. The number of aryl methyl sites for hydroxylation is 1. The highest BCUT2D eigenvalue weighted by Crippen LogP contribution is 2.53. The van der Waals surface area contributed by atoms with Crippen LogP contribution < -0.4 is 20.9 Å². The molecule has 2 amide bonds. The molecule has 64 heavy (non-hydrogen) atoms. The number of benzene rings is 1. The molecule has 0 atom stereocenters. The van der Waals surface area contributed by atoms with Crippen molar-refractivity contribution in [2.45, 2.75) is 156 Å². The molecule has 346 valence electrons. The summed E-state index contributed by atoms with van der Waals surface area (Å²) in [5, 5.41) is 8.65. The molecule has 8 rings (SSSR count). The molecule has 3 N–H and O–H groups in total. The Bertz CT molecular complexity index is 2240. The van der Waals surface area contributed by atoms with Gasteiger partial charge in [-0.05, 0) is 106 Å². The number of nitrogens with one attached hydrogen (secondary N) is 1. The van der Waals surface area contributed by atoms with Gasteiger partial charge in [-0.25, -0.2) is 18.7 Å². The number of fused-ring (bicyclic) bond motifs is 2. The molecular formula is C49H69F2N11O2. The summed E-state index contributed by atoms with van der Waals surface area (Å²) in [6.07, 6.45) is 13.0. The molecule has 0 spiro atoms. The molecule has 2 aliphatic carbocycles. The number of rotatable bonds is 11. The average molecular weight is 882 g/mol. The number of halogens is 2. The van der Waals surface area contributed by atoms with Crippen molar-refractivity contribution in [1.82, 2.24) is 34.9 Å². The van der Waals surface area contributed by atoms with E-state index in [2.05, 4.69) is 81.2 Å². The number of hydrogen-bond acceptors (Lipinski definition) is 10. The molecule has 3 aliphatic heterocycles. The lowest BCUT2D eigenvalue weighted by molar-refractivity contribution is -0.129. The Balaban J connectivity index is 0.956. The van der Waals surface area contributed by atoms with Crippen molar-refractivity contribution in [2.75, 3.05) is 43.0 Å². The number of nitrogens with two attached hydrogens (primary N) is 1. The van der Waals surface area contributed by atoms with E-state index in [4.69, 9.17) is 10.8 Å². The van der Waals surface area contributed by atoms with Crippen molar-refractivity contribution in [3.8, 4) is 0 Å². The van der Waals surface area contributed by atoms with Crippen LogP contribution in [0.1, 0.15) is 151 Å². The summed E-state index contributed by atoms with van der Waals surface area (Å²) < 4.78 is 31.8. The third kappa shape index (κ3) is 8.77. The molecule has 2 aromatic heterocycles. The highest BCUT2D eigenvalue weighted by molar-refractivity contribution is 6.10. The molecule has 1 aromatic carbocycles. The predicted molar refractivity (Wildman–Crippen MR) is 249 cm³/mol. The maximum absolute atomic E-state index is 14.8. The van der Waals surface area contributed by atoms with Crippen LogP contribution in [-0.2, 0) is 24.2 Å². The Morgan fingerprint density at radius 1 is 0.953 bits per heavy atom. The Labute approximate surface area is 377 Å². The summed E-state index contributed by atoms with van der Waals surface area (Å²) >= 11 is 0. The zero-order valence-electron chi connectivity index (χ0n) is 39.2. The second kappa shape index (κ2) is 18.2. The lowest BCUT2D eigenvalue weighted by Gasteiger charge is -2.57. The number of alkyl halides is 2. The minimum absolute atomic E-state index is 0.0225. The van der Waals surface area contributed by atoms with E-state index in [0.717, 1.165) is 99.2 Å². The Morgan fingerprint density at radius 3 is 2.22 bits per heavy atom. The number of carbonyl (C=O) groups excluding carboxylic acids is 2. The quantitative estimate of drug-likeness (QED) is 0.183. The molecular weight excluding hydrogens is 813 g/mol. The van der Waals surface area contributed by atoms with E-state index in [-0.39, 0.29) is 40.3 Å². The minimum Gasteiger partial charge on any atom is -0.404 e. The van der Waals surface area contributed by atoms with Gasteiger partial charge in [-0.2, -0.15) is 5.10 Å². The van der Waals surface area contributed by atoms with Gasteiger partial charge >= 0.3 is 0 Å². The molecule has 13 nitrogen and oxygen atoms in total. The van der Waals surface area contributed by atoms with Crippen LogP contribution in [0.2, 0.25) is 0 Å². The zero-order valence-corrected chi connectivity index (χ0v) is 39.2. The van der Waals surface area contributed by atoms with Crippen molar-refractivity contribution in [3.05, 3.63) is 64.2 Å². The summed E-state index contributed by atoms with van der Waals surface area (Å²) in [6, 6.07) is 5.08. The first-order valence-electron chi connectivity index (χ1n) is 23.6. The van der Waals surface area contributed by atoms with Gasteiger partial charge in [-0.3, -0.25) is 24.2 Å². The molecule has 3 fully saturated rings. The van der Waals surface area contributed by atoms with Crippen LogP contribution in [0, 0.1) is 10.8 Å². The standard InChI is InChI=1S/C49H69F2N11O2/c1-30(2)61(36-15-19-58(20-16-36)47-54-26-34(27-55-47)45(64)56-46-48(4,5)29-49(46,6)7)35-11-13-37(14-12-35)62-41-17-21-59(31(3)63)28-40(41)44(57-62)60-18-9-10-32-22-38(33(24-52)25-53-8)39(43(50)51)23-42(32)60/h22-27,30,35-37,43,46H,9-21,28-29,52H2,1-8H3,(H,56,64)/b33-24+,53-25?. The SMILES string of the molecule is CN=C/C(=C\N)c1cc2c(cc1C(F)F)N(c1nn(C3CCC(N(C(C)C)C4CCN(c5ncc(C(=O)NC6C(C)(C)CC6(C)C)cn5)CC4)CC3)c3c1CN(C(C)=O)CC3)CCC2. The molecule has 5 heterocycles. The first kappa shape index (κ1) is 45.6. The van der Waals surface area contributed by atoms with Crippen LogP contribution in [0.4, 0.5) is 26.2 Å². The fraction of sp³-hybridized carbons (Fsp3) is 0.633. The van der Waals surface area contributed by atoms with Crippen LogP contribution in [0.25, 0.3) is 5.57 Å². The Morgan fingerprint density at radius 2 is 1.62 bits per heavy atom. The number of allylic oxidation sites excluding steroid dienone is 1. The fourth-order valence-electron chi connectivity index (χ4n) is 12.5. The van der Waals surface area contributed by atoms with Gasteiger partial charge in [-0.1, -0.05) is 27.7 Å². The molecule has 5 aliphatic rings. The molecule has 0 radical (unpaired) electrons. The number of aliphatic imine (C=N–C) groups is 1. The zero-order chi connectivity index (χ0) is 45.7. The van der Waals surface area contributed by atoms with E-state index < -0.39 is 6.43 Å². The van der Waals surface area contributed by atoms with Gasteiger partial charge in [0.05, 0.1) is 18.2 Å². The molecule has 0 bridgehead atoms. The summed E-state index contributed by atoms with van der Waals surface area (Å²) in [6.45, 7) is 18.5. The van der Waals surface area contributed by atoms with Crippen molar-refractivity contribution in [3.63, 3.8) is 0 Å². The number of amides is 2. The maximum Gasteiger partial charge on any atom is 0.264 e. The van der Waals surface area contributed by atoms with Crippen LogP contribution >= 0.6 is 0 Å². The maximum atomic E-state index is 14.8. The van der Waals surface area contributed by atoms with E-state index in [9.17, 15) is 18.4 Å². The Hall–Kier alpha value is -4.92. The van der Waals surface area contributed by atoms with Gasteiger partial charge in [0.25, 0.3) is 12.3 Å². The molecule has 3 aromatic rings. The first-order valence-corrected chi connectivity index (χ1v) is 23.6. The smallest absolute Gasteiger partial charge is 0.264 e. The predicted octanol–water partition coefficient (Wildman–Crippen LogP) is 8.02. The van der Waals surface area contributed by atoms with E-state index >= 15 is 0 Å². The van der Waals surface area contributed by atoms with E-state index in [1.54, 1.807) is 32.4 Å². The highest BCUT2D eigenvalue weighted by Gasteiger charge is 2.53. The number of aromatic nitrogens is 4. The topological polar surface area (TPSA) is 141 Å². The average Bonchev–Trinajstić information content (AvgIpc) is 3.65. The van der Waals surface area contributed by atoms with Crippen molar-refractivity contribution in [1.29, 1.82) is 0 Å². The largest absolute Gasteiger partial charge is 0.404 e. The fourth-order valence-corrected chi connectivity index (χ4v) is 12.5. The third-order valence-corrected chi connectivity index (χ3v) is 15.0. The van der Waals surface area contributed by atoms with Crippen LogP contribution in [0.15, 0.2) is 35.7 Å². The minimum atomic E-state index is -2.71. The third-order valence-electron chi connectivity index (χ3n) is 15.0. The van der Waals surface area contributed by atoms with Gasteiger partial charge in [-0.15, -0.1) is 0 Å². The number of anilines is 3. The van der Waals surface area contributed by atoms with E-state index in [1.165, 1.54) is 12.4 Å². The van der Waals surface area contributed by atoms with Gasteiger partial charge in [0.1, 0.15) is 0 Å². The number of nitrogens with zero attached hydrogens (tertiary/aromatic N) is 9. The van der Waals surface area contributed by atoms with Crippen LogP contribution in [-0.4, -0.2) is 105 Å². The summed E-state index contributed by atoms with van der Waals surface area (Å²) in [5.74, 6) is 1.36. The number of hydrogen-bond donors (Lipinski definition) is 2. The van der Waals surface area contributed by atoms with Gasteiger partial charge in [0, 0.05) is 124 Å². The van der Waals surface area contributed by atoms with Crippen molar-refractivity contribution in [2.24, 2.45) is 21.6 Å². The molecule has 1 saturated heterocycles. The molecule has 0 unspecified atom stereocenters. The normalized spacial score (nSPS) is 22.9. The van der Waals surface area contributed by atoms with E-state index in [1.807, 2.05) is 11.0 Å². The van der Waals surface area contributed by atoms with Gasteiger partial charge < -0.3 is 25.8 Å². The summed E-state index contributed by atoms with van der Waals surface area (Å²) in [4.78, 5) is 48.3. The first-order chi connectivity index (χ1) is 30.5. The molecule has 15 heteroatoms. The second-order valence-electron chi connectivity index (χ2n) is 20.6. The number of carbonyl (C=O) groups is 2. The number of piperidine rings is 1. The van der Waals surface area contributed by atoms with Crippen LogP contribution in [0.3, 0.4) is 0 Å². The van der Waals surface area contributed by atoms with Crippen LogP contribution in [0.5, 0.6) is 0 Å². The monoisotopic (exact) mass is 882 g/mol. The van der Waals surface area contributed by atoms with E-state index in [0.29, 0.717) is 66.8 Å². The summed E-state index contributed by atoms with van der Waals surface area (Å²) in [5.41, 5.74) is 11.2. The van der Waals surface area contributed by atoms with Gasteiger partial charge in [0.15, 0.2) is 5.82 Å². The lowest BCUT2D eigenvalue weighted by Crippen LogP contribution is -2.63. The van der Waals surface area contributed by atoms with Crippen molar-refractivity contribution >= 4 is 41.1 Å². The van der Waals surface area contributed by atoms with Gasteiger partial charge in [0.2, 0.25) is 11.9 Å². The lowest BCUT2D eigenvalue weighted by atomic mass is 9.52. The van der Waals surface area contributed by atoms with Crippen molar-refractivity contribution < 1.29 is 18.4 Å². The molecule has 2 saturated carbocycles. The second-order valence-corrected chi connectivity index (χ2v) is 20.6. The Kier molecular flexibility index (Phi) is 13.0.